The summed E-state index contributed by atoms with van der Waals surface area (Å²) in [5.74, 6) is -1.12. The molecule has 0 bridgehead atoms. The highest BCUT2D eigenvalue weighted by atomic mass is 35.5. The third kappa shape index (κ3) is 4.86. The number of aryl methyl sites for hydroxylation is 1. The van der Waals surface area contributed by atoms with Crippen LogP contribution >= 0.6 is 11.6 Å². The van der Waals surface area contributed by atoms with Gasteiger partial charge >= 0.3 is 0 Å². The van der Waals surface area contributed by atoms with Crippen molar-refractivity contribution in [3.8, 4) is 0 Å². The average molecular weight is 404 g/mol. The molecule has 0 fully saturated rings. The highest BCUT2D eigenvalue weighted by Crippen LogP contribution is 2.23. The number of rotatable bonds is 6. The molecule has 0 saturated heterocycles. The van der Waals surface area contributed by atoms with Gasteiger partial charge in [-0.15, -0.1) is 0 Å². The summed E-state index contributed by atoms with van der Waals surface area (Å²) in [5.41, 5.74) is 2.52. The summed E-state index contributed by atoms with van der Waals surface area (Å²) in [6, 6.07) is 8.36. The van der Waals surface area contributed by atoms with Gasteiger partial charge in [0.25, 0.3) is 11.6 Å². The predicted octanol–water partition coefficient (Wildman–Crippen LogP) is 4.26. The van der Waals surface area contributed by atoms with Crippen LogP contribution in [0.25, 0.3) is 0 Å². The minimum absolute atomic E-state index is 0.0517. The highest BCUT2D eigenvalue weighted by molar-refractivity contribution is 6.34. The summed E-state index contributed by atoms with van der Waals surface area (Å²) in [6.45, 7) is 7.48. The second-order valence-electron chi connectivity index (χ2n) is 6.85. The second-order valence-corrected chi connectivity index (χ2v) is 7.26. The van der Waals surface area contributed by atoms with Crippen LogP contribution in [0, 0.1) is 29.9 Å². The van der Waals surface area contributed by atoms with Gasteiger partial charge < -0.3 is 10.6 Å². The van der Waals surface area contributed by atoms with Crippen LogP contribution < -0.4 is 10.6 Å². The molecule has 28 heavy (non-hydrogen) atoms. The van der Waals surface area contributed by atoms with Gasteiger partial charge in [-0.3, -0.25) is 19.7 Å². The number of hydrogen-bond acceptors (Lipinski definition) is 4. The van der Waals surface area contributed by atoms with Gasteiger partial charge in [-0.25, -0.2) is 0 Å². The van der Waals surface area contributed by atoms with Gasteiger partial charge in [0.15, 0.2) is 0 Å². The van der Waals surface area contributed by atoms with Gasteiger partial charge in [-0.1, -0.05) is 37.6 Å². The first-order chi connectivity index (χ1) is 13.1. The molecule has 0 aliphatic carbocycles. The first-order valence-corrected chi connectivity index (χ1v) is 9.11. The molecule has 8 heteroatoms. The van der Waals surface area contributed by atoms with Crippen LogP contribution in [0.5, 0.6) is 0 Å². The van der Waals surface area contributed by atoms with Gasteiger partial charge in [0.05, 0.1) is 15.5 Å². The van der Waals surface area contributed by atoms with Gasteiger partial charge in [-0.2, -0.15) is 0 Å². The van der Waals surface area contributed by atoms with Gasteiger partial charge in [0.1, 0.15) is 6.04 Å². The number of carbonyl (C=O) groups is 2. The number of halogens is 1. The Balaban J connectivity index is 2.20. The molecule has 7 nitrogen and oxygen atoms in total. The number of nitro groups is 1. The van der Waals surface area contributed by atoms with Crippen molar-refractivity contribution in [3.05, 3.63) is 68.2 Å². The van der Waals surface area contributed by atoms with Crippen LogP contribution in [0.1, 0.15) is 35.3 Å². The summed E-state index contributed by atoms with van der Waals surface area (Å²) >= 11 is 6.01. The third-order valence-electron chi connectivity index (χ3n) is 4.51. The Morgan fingerprint density at radius 1 is 1.14 bits per heavy atom. The Kier molecular flexibility index (Phi) is 6.75. The minimum Gasteiger partial charge on any atom is -0.340 e. The lowest BCUT2D eigenvalue weighted by Crippen LogP contribution is -2.47. The van der Waals surface area contributed by atoms with Crippen LogP contribution in [0.15, 0.2) is 36.4 Å². The number of nitrogens with one attached hydrogen (secondary N) is 2. The fourth-order valence-electron chi connectivity index (χ4n) is 2.65. The molecule has 0 heterocycles. The van der Waals surface area contributed by atoms with Crippen LogP contribution in [0.4, 0.5) is 11.4 Å². The number of hydrogen-bond donors (Lipinski definition) is 2. The number of nitro benzene ring substituents is 1. The number of anilines is 1. The van der Waals surface area contributed by atoms with E-state index in [1.54, 1.807) is 6.07 Å². The summed E-state index contributed by atoms with van der Waals surface area (Å²) in [7, 11) is 0. The van der Waals surface area contributed by atoms with Gasteiger partial charge in [0, 0.05) is 17.8 Å². The van der Waals surface area contributed by atoms with Crippen molar-refractivity contribution in [2.75, 3.05) is 5.32 Å². The van der Waals surface area contributed by atoms with Crippen LogP contribution in [0.2, 0.25) is 5.02 Å². The van der Waals surface area contributed by atoms with Crippen LogP contribution in [0.3, 0.4) is 0 Å². The van der Waals surface area contributed by atoms with Crippen molar-refractivity contribution in [2.45, 2.75) is 33.7 Å². The largest absolute Gasteiger partial charge is 0.340 e. The molecule has 2 amide bonds. The zero-order chi connectivity index (χ0) is 21.0. The van der Waals surface area contributed by atoms with E-state index in [0.717, 1.165) is 17.2 Å². The van der Waals surface area contributed by atoms with Crippen LogP contribution in [-0.2, 0) is 4.79 Å². The predicted molar refractivity (Wildman–Crippen MR) is 109 cm³/mol. The lowest BCUT2D eigenvalue weighted by Gasteiger charge is -2.22. The maximum Gasteiger partial charge on any atom is 0.270 e. The summed E-state index contributed by atoms with van der Waals surface area (Å²) in [6.07, 6.45) is 0. The van der Waals surface area contributed by atoms with Crippen molar-refractivity contribution in [1.82, 2.24) is 5.32 Å². The van der Waals surface area contributed by atoms with E-state index >= 15 is 0 Å². The Morgan fingerprint density at radius 3 is 2.39 bits per heavy atom. The van der Waals surface area contributed by atoms with E-state index < -0.39 is 16.9 Å². The maximum absolute atomic E-state index is 12.8. The van der Waals surface area contributed by atoms with E-state index in [1.807, 2.05) is 39.8 Å². The maximum atomic E-state index is 12.8. The van der Waals surface area contributed by atoms with E-state index in [-0.39, 0.29) is 28.1 Å². The Morgan fingerprint density at radius 2 is 1.82 bits per heavy atom. The molecular weight excluding hydrogens is 382 g/mol. The molecule has 0 radical (unpaired) electrons. The third-order valence-corrected chi connectivity index (χ3v) is 4.82. The monoisotopic (exact) mass is 403 g/mol. The zero-order valence-corrected chi connectivity index (χ0v) is 16.8. The van der Waals surface area contributed by atoms with E-state index in [9.17, 15) is 19.7 Å². The first-order valence-electron chi connectivity index (χ1n) is 8.73. The molecule has 2 N–H and O–H groups in total. The minimum atomic E-state index is -0.807. The average Bonchev–Trinajstić information content (AvgIpc) is 2.62. The van der Waals surface area contributed by atoms with Gasteiger partial charge in [-0.05, 0) is 43.0 Å². The Bertz CT molecular complexity index is 928. The summed E-state index contributed by atoms with van der Waals surface area (Å²) < 4.78 is 0. The Labute approximate surface area is 168 Å². The molecule has 148 valence electrons. The molecule has 0 aromatic heterocycles. The Hall–Kier alpha value is -2.93. The quantitative estimate of drug-likeness (QED) is 0.555. The lowest BCUT2D eigenvalue weighted by atomic mass is 10.0. The SMILES string of the molecule is Cc1cccc(NC(=O)C(NC(=O)c2ccc([N+](=O)[O-])cc2Cl)C(C)C)c1C. The molecule has 2 rings (SSSR count). The number of non-ortho nitro benzene ring substituents is 1. The highest BCUT2D eigenvalue weighted by Gasteiger charge is 2.26. The number of nitrogens with zero attached hydrogens (tertiary/aromatic N) is 1. The molecular formula is C20H22ClN3O4. The summed E-state index contributed by atoms with van der Waals surface area (Å²) in [4.78, 5) is 35.6. The van der Waals surface area contributed by atoms with Crippen molar-refractivity contribution < 1.29 is 14.5 Å². The zero-order valence-electron chi connectivity index (χ0n) is 16.1. The summed E-state index contributed by atoms with van der Waals surface area (Å²) in [5, 5.41) is 16.3. The topological polar surface area (TPSA) is 101 Å². The molecule has 2 aromatic carbocycles. The van der Waals surface area contributed by atoms with Crippen molar-refractivity contribution in [1.29, 1.82) is 0 Å². The lowest BCUT2D eigenvalue weighted by molar-refractivity contribution is -0.384. The van der Waals surface area contributed by atoms with Crippen molar-refractivity contribution in [3.63, 3.8) is 0 Å². The molecule has 0 saturated carbocycles. The molecule has 0 spiro atoms. The molecule has 0 aliphatic heterocycles. The molecule has 1 atom stereocenters. The smallest absolute Gasteiger partial charge is 0.270 e. The number of amides is 2. The van der Waals surface area contributed by atoms with E-state index in [0.29, 0.717) is 5.69 Å². The van der Waals surface area contributed by atoms with E-state index in [2.05, 4.69) is 10.6 Å². The fourth-order valence-corrected chi connectivity index (χ4v) is 2.91. The van der Waals surface area contributed by atoms with Crippen molar-refractivity contribution >= 4 is 34.8 Å². The van der Waals surface area contributed by atoms with E-state index in [4.69, 9.17) is 11.6 Å². The molecule has 2 aromatic rings. The number of carbonyl (C=O) groups excluding carboxylic acids is 2. The standard InChI is InChI=1S/C20H22ClN3O4/c1-11(2)18(20(26)22-17-7-5-6-12(3)13(17)4)23-19(25)15-9-8-14(24(27)28)10-16(15)21/h5-11,18H,1-4H3,(H,22,26)(H,23,25). The molecule has 0 aliphatic rings. The van der Waals surface area contributed by atoms with Crippen molar-refractivity contribution in [2.24, 2.45) is 5.92 Å². The first kappa shape index (κ1) is 21.4. The fraction of sp³-hybridized carbons (Fsp3) is 0.300. The van der Waals surface area contributed by atoms with E-state index in [1.165, 1.54) is 12.1 Å². The molecule has 1 unspecified atom stereocenters. The second kappa shape index (κ2) is 8.84. The normalized spacial score (nSPS) is 11.8. The van der Waals surface area contributed by atoms with Gasteiger partial charge in [0.2, 0.25) is 5.91 Å². The number of benzene rings is 2. The van der Waals surface area contributed by atoms with Crippen LogP contribution in [-0.4, -0.2) is 22.8 Å².